The molecule has 0 aliphatic rings. The number of carboxylic acid groups (broad SMARTS) is 2. The zero-order valence-electron chi connectivity index (χ0n) is 44.3. The predicted octanol–water partition coefficient (Wildman–Crippen LogP) is -7.22. The summed E-state index contributed by atoms with van der Waals surface area (Å²) in [6, 6.07) is 2.35. The highest BCUT2D eigenvalue weighted by Gasteiger charge is 2.34. The van der Waals surface area contributed by atoms with Crippen molar-refractivity contribution in [2.75, 3.05) is 44.4 Å². The minimum Gasteiger partial charge on any atom is -0.481 e. The number of aromatic amines is 1. The third-order valence-electron chi connectivity index (χ3n) is 12.8. The second kappa shape index (κ2) is 33.9. The summed E-state index contributed by atoms with van der Waals surface area (Å²) >= 11 is 0. The van der Waals surface area contributed by atoms with Gasteiger partial charge in [0.1, 0.15) is 48.4 Å². The first-order valence-electron chi connectivity index (χ1n) is 25.6. The van der Waals surface area contributed by atoms with E-state index in [-0.39, 0.29) is 35.6 Å². The lowest BCUT2D eigenvalue weighted by molar-refractivity contribution is -0.140. The molecule has 82 heavy (non-hydrogen) atoms. The van der Waals surface area contributed by atoms with Crippen LogP contribution >= 0.6 is 0 Å². The van der Waals surface area contributed by atoms with Crippen molar-refractivity contribution in [1.29, 1.82) is 0 Å². The van der Waals surface area contributed by atoms with Crippen LogP contribution in [0.3, 0.4) is 0 Å². The van der Waals surface area contributed by atoms with Crippen molar-refractivity contribution in [3.63, 3.8) is 0 Å². The molecule has 0 saturated carbocycles. The molecule has 2 aromatic heterocycles. The molecule has 21 N–H and O–H groups in total. The average molecular weight is 1170 g/mol. The van der Waals surface area contributed by atoms with E-state index in [9.17, 15) is 99.0 Å². The van der Waals surface area contributed by atoms with Crippen molar-refractivity contribution in [2.24, 2.45) is 11.8 Å². The molecule has 0 aliphatic carbocycles. The Morgan fingerprint density at radius 2 is 1.16 bits per heavy atom. The first-order chi connectivity index (χ1) is 38.7. The molecule has 1 aromatic carbocycles. The van der Waals surface area contributed by atoms with Gasteiger partial charge in [-0.3, -0.25) is 48.1 Å². The molecule has 3 rings (SSSR count). The number of nitrogens with two attached hydrogens (primary N) is 1. The van der Waals surface area contributed by atoms with Crippen LogP contribution < -0.4 is 43.2 Å². The molecule has 33 nitrogen and oxygen atoms in total. The molecule has 0 bridgehead atoms. The van der Waals surface area contributed by atoms with Gasteiger partial charge in [0.05, 0.1) is 49.9 Å². The number of amides is 5. The zero-order chi connectivity index (χ0) is 61.4. The lowest BCUT2D eigenvalue weighted by Gasteiger charge is -2.26. The number of rotatable bonds is 38. The van der Waals surface area contributed by atoms with Crippen LogP contribution in [0.15, 0.2) is 35.3 Å². The number of nitrogen functional groups attached to an aromatic ring is 1. The van der Waals surface area contributed by atoms with E-state index in [4.69, 9.17) is 15.9 Å². The number of aromatic nitrogens is 4. The van der Waals surface area contributed by atoms with E-state index < -0.39 is 215 Å². The summed E-state index contributed by atoms with van der Waals surface area (Å²) in [6.45, 7) is -3.27. The standard InChI is InChI=1S/C49H71N11O22/c1-51-44(77)24(5-12-36(70)54-19-32(66)40(74)42(76)34(68)21-62)15-30(64)28(10-13-37(71)72)57-46(79)23(4-11-35(69)53-18-31(65)39(73)41(75)33(67)20-61)14-27(63)8-9-29(48(81)82)58-45(78)22-2-6-25(7-3-22)52-16-26-17-55-43-38(56-26)47(80)60-49(50)59-43/h2-3,6-7,17,23-24,28-29,31-34,39-42,52,61-62,65-68,73-76H,4-5,8-16,18-21H2,1H3,(H,51,77)(H,53,69)(H,54,70)(H,57,79)(H,58,78)(H,71,72)(H,81,82)(H3,50,55,59,60,80)/t23-,24-,28+,29-,31+,32+,33-,34-,39-,40-,41-,42-/m1/s1. The molecule has 12 atom stereocenters. The highest BCUT2D eigenvalue weighted by atomic mass is 16.4. The molecular weight excluding hydrogens is 1090 g/mol. The van der Waals surface area contributed by atoms with Gasteiger partial charge in [0.25, 0.3) is 11.5 Å². The molecule has 0 spiro atoms. The summed E-state index contributed by atoms with van der Waals surface area (Å²) in [6.07, 6.45) is -20.0. The maximum absolute atomic E-state index is 14.1. The lowest BCUT2D eigenvalue weighted by Crippen LogP contribution is -2.49. The van der Waals surface area contributed by atoms with Crippen molar-refractivity contribution >= 4 is 75.8 Å². The van der Waals surface area contributed by atoms with Crippen molar-refractivity contribution in [3.8, 4) is 0 Å². The molecule has 2 heterocycles. The van der Waals surface area contributed by atoms with E-state index in [1.54, 1.807) is 0 Å². The van der Waals surface area contributed by atoms with Gasteiger partial charge in [0.15, 0.2) is 16.9 Å². The van der Waals surface area contributed by atoms with Crippen LogP contribution in [0.5, 0.6) is 0 Å². The first kappa shape index (κ1) is 68.5. The third kappa shape index (κ3) is 22.3. The maximum Gasteiger partial charge on any atom is 0.326 e. The number of carboxylic acids is 2. The van der Waals surface area contributed by atoms with Crippen molar-refractivity contribution in [3.05, 3.63) is 52.1 Å². The molecule has 0 saturated heterocycles. The van der Waals surface area contributed by atoms with Gasteiger partial charge in [-0.1, -0.05) is 0 Å². The minimum absolute atomic E-state index is 0.00309. The molecule has 454 valence electrons. The fourth-order valence-electron chi connectivity index (χ4n) is 7.87. The molecule has 0 fully saturated rings. The second-order valence-corrected chi connectivity index (χ2v) is 19.0. The number of nitrogens with zero attached hydrogens (tertiary/aromatic N) is 3. The Balaban J connectivity index is 1.75. The summed E-state index contributed by atoms with van der Waals surface area (Å²) in [5, 5.41) is 132. The van der Waals surface area contributed by atoms with Gasteiger partial charge in [-0.15, -0.1) is 0 Å². The number of aliphatic carboxylic acids is 2. The van der Waals surface area contributed by atoms with Crippen LogP contribution in [0.4, 0.5) is 11.6 Å². The fourth-order valence-corrected chi connectivity index (χ4v) is 7.87. The van der Waals surface area contributed by atoms with Gasteiger partial charge < -0.3 is 98.9 Å². The van der Waals surface area contributed by atoms with Gasteiger partial charge in [-0.2, -0.15) is 4.98 Å². The van der Waals surface area contributed by atoms with Crippen LogP contribution in [-0.4, -0.2) is 229 Å². The van der Waals surface area contributed by atoms with Crippen LogP contribution in [0.1, 0.15) is 80.3 Å². The smallest absolute Gasteiger partial charge is 0.326 e. The van der Waals surface area contributed by atoms with E-state index in [1.165, 1.54) is 37.5 Å². The van der Waals surface area contributed by atoms with E-state index >= 15 is 0 Å². The topological polar surface area (TPSA) is 566 Å². The Morgan fingerprint density at radius 1 is 0.634 bits per heavy atom. The number of carbonyl (C=O) groups is 9. The lowest BCUT2D eigenvalue weighted by atomic mass is 9.90. The summed E-state index contributed by atoms with van der Waals surface area (Å²) in [7, 11) is 1.21. The van der Waals surface area contributed by atoms with E-state index in [0.717, 1.165) is 0 Å². The fraction of sp³-hybridized carbons (Fsp3) is 0.571. The number of hydrogen-bond donors (Lipinski definition) is 20. The largest absolute Gasteiger partial charge is 0.481 e. The van der Waals surface area contributed by atoms with Gasteiger partial charge in [0.2, 0.25) is 29.6 Å². The molecular formula is C49H71N11O22. The number of aliphatic hydroxyl groups excluding tert-OH is 10. The van der Waals surface area contributed by atoms with Crippen molar-refractivity contribution in [1.82, 2.24) is 46.5 Å². The number of Topliss-reactive ketones (excluding diaryl/α,β-unsaturated/α-hetero) is 2. The van der Waals surface area contributed by atoms with Gasteiger partial charge >= 0.3 is 11.9 Å². The number of fused-ring (bicyclic) bond motifs is 1. The number of nitrogens with one attached hydrogen (secondary N) is 7. The Labute approximate surface area is 465 Å². The van der Waals surface area contributed by atoms with Crippen LogP contribution in [0.25, 0.3) is 11.2 Å². The van der Waals surface area contributed by atoms with Gasteiger partial charge in [0, 0.05) is 81.7 Å². The van der Waals surface area contributed by atoms with Crippen LogP contribution in [-0.2, 0) is 44.9 Å². The maximum atomic E-state index is 14.1. The van der Waals surface area contributed by atoms with Crippen molar-refractivity contribution < 1.29 is 104 Å². The Hall–Kier alpha value is -7.73. The van der Waals surface area contributed by atoms with Gasteiger partial charge in [-0.05, 0) is 49.9 Å². The molecule has 5 amide bonds. The van der Waals surface area contributed by atoms with E-state index in [1.807, 2.05) is 0 Å². The monoisotopic (exact) mass is 1170 g/mol. The van der Waals surface area contributed by atoms with E-state index in [2.05, 4.69) is 51.8 Å². The Bertz CT molecular complexity index is 2720. The highest BCUT2D eigenvalue weighted by molar-refractivity contribution is 5.97. The average Bonchev–Trinajstić information content (AvgIpc) is 3.48. The molecule has 0 unspecified atom stereocenters. The number of hydrogen-bond acceptors (Lipinski definition) is 25. The molecule has 3 aromatic rings. The minimum atomic E-state index is -2.06. The Morgan fingerprint density at radius 3 is 1.67 bits per heavy atom. The molecule has 0 radical (unpaired) electrons. The summed E-state index contributed by atoms with van der Waals surface area (Å²) < 4.78 is 0. The summed E-state index contributed by atoms with van der Waals surface area (Å²) in [4.78, 5) is 144. The number of benzene rings is 1. The first-order valence-corrected chi connectivity index (χ1v) is 25.6. The molecule has 0 aliphatic heterocycles. The number of carbonyl (C=O) groups excluding carboxylic acids is 7. The van der Waals surface area contributed by atoms with Crippen LogP contribution in [0, 0.1) is 11.8 Å². The Kier molecular flexibility index (Phi) is 28.3. The van der Waals surface area contributed by atoms with Crippen molar-refractivity contribution in [2.45, 2.75) is 132 Å². The highest BCUT2D eigenvalue weighted by Crippen LogP contribution is 2.20. The number of anilines is 2. The number of ketones is 2. The summed E-state index contributed by atoms with van der Waals surface area (Å²) in [5.41, 5.74) is 5.77. The number of H-pyrrole nitrogens is 1. The zero-order valence-corrected chi connectivity index (χ0v) is 44.3. The van der Waals surface area contributed by atoms with E-state index in [0.29, 0.717) is 11.4 Å². The predicted molar refractivity (Wildman–Crippen MR) is 280 cm³/mol. The number of aliphatic hydroxyl groups is 10. The summed E-state index contributed by atoms with van der Waals surface area (Å²) in [5.74, 6) is -12.1. The normalized spacial score (nSPS) is 15.8. The molecule has 33 heteroatoms. The SMILES string of the molecule is CNC(=O)[C@H](CCC(=O)NC[C@H](O)[C@@H](O)[C@H](O)[C@H](O)CO)CC(=O)[C@H](CCC(=O)O)NC(=O)[C@H](CCC(=O)NC[C@H](O)[C@@H](O)[C@H](O)[C@H](O)CO)CC(=O)CC[C@@H](NC(=O)c1ccc(NCc2cnc3nc(N)[nH]c(=O)c3n2)cc1)C(=O)O. The quantitative estimate of drug-likeness (QED) is 0.0253. The van der Waals surface area contributed by atoms with Gasteiger partial charge in [-0.25, -0.2) is 14.8 Å². The second-order valence-electron chi connectivity index (χ2n) is 19.0. The van der Waals surface area contributed by atoms with Crippen LogP contribution in [0.2, 0.25) is 0 Å². The third-order valence-corrected chi connectivity index (χ3v) is 12.8.